The number of nitrogens with one attached hydrogen (secondary N) is 2. The molecule has 0 radical (unpaired) electrons. The second-order valence-electron chi connectivity index (χ2n) is 5.54. The van der Waals surface area contributed by atoms with Crippen molar-refractivity contribution in [3.05, 3.63) is 29.3 Å². The fourth-order valence-electron chi connectivity index (χ4n) is 1.72. The van der Waals surface area contributed by atoms with Crippen molar-refractivity contribution in [2.24, 2.45) is 0 Å². The molecule has 0 saturated carbocycles. The third kappa shape index (κ3) is 4.42. The molecule has 1 aromatic rings. The van der Waals surface area contributed by atoms with Crippen LogP contribution in [0, 0.1) is 0 Å². The van der Waals surface area contributed by atoms with Crippen LogP contribution in [0.5, 0.6) is 0 Å². The van der Waals surface area contributed by atoms with Gasteiger partial charge in [0.05, 0.1) is 5.56 Å². The zero-order valence-electron chi connectivity index (χ0n) is 11.8. The maximum Gasteiger partial charge on any atom is 0.418 e. The first-order valence-corrected chi connectivity index (χ1v) is 6.26. The highest BCUT2D eigenvalue weighted by molar-refractivity contribution is 5.55. The average Bonchev–Trinajstić information content (AvgIpc) is 2.27. The lowest BCUT2D eigenvalue weighted by atomic mass is 9.86. The number of alkyl halides is 3. The quantitative estimate of drug-likeness (QED) is 0.819. The van der Waals surface area contributed by atoms with E-state index in [9.17, 15) is 13.2 Å². The molecule has 0 spiro atoms. The van der Waals surface area contributed by atoms with Gasteiger partial charge in [0, 0.05) is 18.8 Å². The Morgan fingerprint density at radius 2 is 1.68 bits per heavy atom. The van der Waals surface area contributed by atoms with Crippen molar-refractivity contribution in [2.45, 2.75) is 32.4 Å². The van der Waals surface area contributed by atoms with Crippen molar-refractivity contribution in [3.63, 3.8) is 0 Å². The second-order valence-corrected chi connectivity index (χ2v) is 5.54. The van der Waals surface area contributed by atoms with Gasteiger partial charge in [-0.25, -0.2) is 0 Å². The van der Waals surface area contributed by atoms with Crippen molar-refractivity contribution in [1.82, 2.24) is 5.32 Å². The molecule has 2 N–H and O–H groups in total. The number of benzene rings is 1. The van der Waals surface area contributed by atoms with Crippen LogP contribution >= 0.6 is 0 Å². The van der Waals surface area contributed by atoms with Gasteiger partial charge in [-0.3, -0.25) is 0 Å². The number of halogens is 3. The average molecular weight is 274 g/mol. The van der Waals surface area contributed by atoms with E-state index in [-0.39, 0.29) is 11.1 Å². The summed E-state index contributed by atoms with van der Waals surface area (Å²) in [6.07, 6.45) is -4.34. The van der Waals surface area contributed by atoms with Crippen LogP contribution in [-0.4, -0.2) is 20.1 Å². The summed E-state index contributed by atoms with van der Waals surface area (Å²) >= 11 is 0. The number of anilines is 1. The predicted molar refractivity (Wildman–Crippen MR) is 72.6 cm³/mol. The van der Waals surface area contributed by atoms with Gasteiger partial charge in [-0.2, -0.15) is 13.2 Å². The summed E-state index contributed by atoms with van der Waals surface area (Å²) in [6.45, 7) is 6.76. The van der Waals surface area contributed by atoms with Gasteiger partial charge >= 0.3 is 6.18 Å². The molecule has 2 nitrogen and oxygen atoms in total. The highest BCUT2D eigenvalue weighted by Crippen LogP contribution is 2.37. The minimum absolute atomic E-state index is 0.135. The molecule has 0 saturated heterocycles. The Labute approximate surface area is 112 Å². The molecule has 0 aliphatic heterocycles. The predicted octanol–water partition coefficient (Wildman–Crippen LogP) is 3.63. The van der Waals surface area contributed by atoms with E-state index < -0.39 is 11.7 Å². The largest absolute Gasteiger partial charge is 0.418 e. The zero-order valence-corrected chi connectivity index (χ0v) is 11.8. The lowest BCUT2D eigenvalue weighted by Crippen LogP contribution is -2.20. The summed E-state index contributed by atoms with van der Waals surface area (Å²) in [5.74, 6) is 0. The number of likely N-dealkylation sites (N-methyl/N-ethyl adjacent to an activating group) is 1. The van der Waals surface area contributed by atoms with E-state index in [1.807, 2.05) is 20.8 Å². The maximum atomic E-state index is 13.1. The van der Waals surface area contributed by atoms with Gasteiger partial charge in [0.2, 0.25) is 0 Å². The Morgan fingerprint density at radius 1 is 1.05 bits per heavy atom. The molecular weight excluding hydrogens is 253 g/mol. The molecular formula is C14H21F3N2. The third-order valence-corrected chi connectivity index (χ3v) is 2.88. The van der Waals surface area contributed by atoms with E-state index in [4.69, 9.17) is 0 Å². The van der Waals surface area contributed by atoms with Gasteiger partial charge < -0.3 is 10.6 Å². The summed E-state index contributed by atoms with van der Waals surface area (Å²) < 4.78 is 39.2. The minimum atomic E-state index is -4.34. The molecule has 0 bridgehead atoms. The van der Waals surface area contributed by atoms with Gasteiger partial charge in [-0.05, 0) is 30.2 Å². The van der Waals surface area contributed by atoms with Gasteiger partial charge in [-0.15, -0.1) is 0 Å². The molecule has 1 rings (SSSR count). The maximum absolute atomic E-state index is 13.1. The van der Waals surface area contributed by atoms with E-state index in [2.05, 4.69) is 10.6 Å². The lowest BCUT2D eigenvalue weighted by molar-refractivity contribution is -0.137. The van der Waals surface area contributed by atoms with E-state index in [0.29, 0.717) is 18.7 Å². The fraction of sp³-hybridized carbons (Fsp3) is 0.571. The first-order chi connectivity index (χ1) is 8.66. The summed E-state index contributed by atoms with van der Waals surface area (Å²) in [5.41, 5.74) is -0.0884. The summed E-state index contributed by atoms with van der Waals surface area (Å²) in [7, 11) is 1.76. The van der Waals surface area contributed by atoms with Crippen molar-refractivity contribution < 1.29 is 13.2 Å². The summed E-state index contributed by atoms with van der Waals surface area (Å²) in [6, 6.07) is 4.50. The van der Waals surface area contributed by atoms with E-state index >= 15 is 0 Å². The van der Waals surface area contributed by atoms with Crippen LogP contribution < -0.4 is 10.6 Å². The van der Waals surface area contributed by atoms with Crippen LogP contribution in [0.1, 0.15) is 31.9 Å². The lowest BCUT2D eigenvalue weighted by Gasteiger charge is -2.22. The van der Waals surface area contributed by atoms with Gasteiger partial charge in [0.25, 0.3) is 0 Å². The normalized spacial score (nSPS) is 12.6. The van der Waals surface area contributed by atoms with E-state index in [1.165, 1.54) is 12.1 Å². The smallest absolute Gasteiger partial charge is 0.383 e. The number of hydrogen-bond acceptors (Lipinski definition) is 2. The number of rotatable bonds is 4. The topological polar surface area (TPSA) is 24.1 Å². The molecule has 0 heterocycles. The Kier molecular flexibility index (Phi) is 4.85. The summed E-state index contributed by atoms with van der Waals surface area (Å²) in [5, 5.41) is 5.70. The molecule has 0 atom stereocenters. The molecule has 0 amide bonds. The number of hydrogen-bond donors (Lipinski definition) is 2. The molecule has 0 aromatic heterocycles. The van der Waals surface area contributed by atoms with Crippen LogP contribution in [0.15, 0.2) is 18.2 Å². The SMILES string of the molecule is CNCCNc1ccc(C(C)(C)C)cc1C(F)(F)F. The Hall–Kier alpha value is -1.23. The molecule has 108 valence electrons. The summed E-state index contributed by atoms with van der Waals surface area (Å²) in [4.78, 5) is 0. The van der Waals surface area contributed by atoms with Gasteiger partial charge in [0.15, 0.2) is 0 Å². The van der Waals surface area contributed by atoms with Gasteiger partial charge in [-0.1, -0.05) is 26.8 Å². The first kappa shape index (κ1) is 15.8. The van der Waals surface area contributed by atoms with Crippen LogP contribution in [0.4, 0.5) is 18.9 Å². The standard InChI is InChI=1S/C14H21F3N2/c1-13(2,3)10-5-6-12(19-8-7-18-4)11(9-10)14(15,16)17/h5-6,9,18-19H,7-8H2,1-4H3. The second kappa shape index (κ2) is 5.82. The molecule has 0 aliphatic carbocycles. The third-order valence-electron chi connectivity index (χ3n) is 2.88. The van der Waals surface area contributed by atoms with E-state index in [1.54, 1.807) is 13.1 Å². The van der Waals surface area contributed by atoms with Crippen LogP contribution in [0.25, 0.3) is 0 Å². The van der Waals surface area contributed by atoms with Crippen molar-refractivity contribution in [3.8, 4) is 0 Å². The molecule has 0 aliphatic rings. The van der Waals surface area contributed by atoms with Crippen LogP contribution in [0.2, 0.25) is 0 Å². The first-order valence-electron chi connectivity index (χ1n) is 6.26. The zero-order chi connectivity index (χ0) is 14.7. The Bertz CT molecular complexity index is 420. The van der Waals surface area contributed by atoms with Crippen LogP contribution in [-0.2, 0) is 11.6 Å². The highest BCUT2D eigenvalue weighted by atomic mass is 19.4. The molecule has 5 heteroatoms. The Balaban J connectivity index is 3.11. The van der Waals surface area contributed by atoms with Gasteiger partial charge in [0.1, 0.15) is 0 Å². The molecule has 1 aromatic carbocycles. The highest BCUT2D eigenvalue weighted by Gasteiger charge is 2.34. The minimum Gasteiger partial charge on any atom is -0.383 e. The molecule has 0 fully saturated rings. The van der Waals surface area contributed by atoms with E-state index in [0.717, 1.165) is 0 Å². The Morgan fingerprint density at radius 3 is 2.16 bits per heavy atom. The monoisotopic (exact) mass is 274 g/mol. The van der Waals surface area contributed by atoms with Crippen molar-refractivity contribution in [1.29, 1.82) is 0 Å². The van der Waals surface area contributed by atoms with Crippen molar-refractivity contribution >= 4 is 5.69 Å². The van der Waals surface area contributed by atoms with Crippen molar-refractivity contribution in [2.75, 3.05) is 25.5 Å². The molecule has 19 heavy (non-hydrogen) atoms. The van der Waals surface area contributed by atoms with Crippen LogP contribution in [0.3, 0.4) is 0 Å². The molecule has 0 unspecified atom stereocenters. The fourth-order valence-corrected chi connectivity index (χ4v) is 1.72.